The van der Waals surface area contributed by atoms with Gasteiger partial charge in [0.1, 0.15) is 20.2 Å². The fourth-order valence-corrected chi connectivity index (χ4v) is 7.26. The molecule has 3 aromatic carbocycles. The van der Waals surface area contributed by atoms with Gasteiger partial charge >= 0.3 is 0 Å². The number of rotatable bonds is 10. The minimum atomic E-state index is -4.27. The Labute approximate surface area is 277 Å². The van der Waals surface area contributed by atoms with Gasteiger partial charge in [-0.05, 0) is 62.1 Å². The Bertz CT molecular complexity index is 1460. The summed E-state index contributed by atoms with van der Waals surface area (Å²) in [6.07, 6.45) is 10.9. The topological polar surface area (TPSA) is 114 Å². The fourth-order valence-electron chi connectivity index (χ4n) is 6.33. The Kier molecular flexibility index (Phi) is 14.0. The molecule has 2 aliphatic rings. The van der Waals surface area contributed by atoms with E-state index in [-0.39, 0.29) is 9.79 Å². The molecule has 254 valence electrons. The number of quaternary nitrogens is 2. The van der Waals surface area contributed by atoms with Gasteiger partial charge in [-0.15, -0.1) is 0 Å². The molecule has 10 heteroatoms. The normalized spacial score (nSPS) is 17.0. The van der Waals surface area contributed by atoms with Crippen molar-refractivity contribution in [2.75, 3.05) is 53.4 Å². The van der Waals surface area contributed by atoms with E-state index in [1.807, 2.05) is 13.8 Å². The third-order valence-electron chi connectivity index (χ3n) is 9.23. The highest BCUT2D eigenvalue weighted by molar-refractivity contribution is 7.86. The molecule has 2 aliphatic heterocycles. The maximum atomic E-state index is 10.4. The third kappa shape index (κ3) is 13.3. The number of likely N-dealkylation sites (tertiary alicyclic amines) is 2. The van der Waals surface area contributed by atoms with Crippen molar-refractivity contribution in [1.82, 2.24) is 0 Å². The van der Waals surface area contributed by atoms with E-state index >= 15 is 0 Å². The zero-order valence-corrected chi connectivity index (χ0v) is 29.6. The summed E-state index contributed by atoms with van der Waals surface area (Å²) in [5, 5.41) is 0. The van der Waals surface area contributed by atoms with Gasteiger partial charge in [-0.3, -0.25) is 0 Å². The number of hydrogen-bond donors (Lipinski definition) is 0. The lowest BCUT2D eigenvalue weighted by Crippen LogP contribution is -2.41. The molecule has 3 aromatic rings. The highest BCUT2D eigenvalue weighted by atomic mass is 32.2. The van der Waals surface area contributed by atoms with Crippen LogP contribution in [0.15, 0.2) is 82.6 Å². The number of aryl methyl sites for hydroxylation is 4. The Morgan fingerprint density at radius 3 is 1.20 bits per heavy atom. The molecule has 0 saturated carbocycles. The van der Waals surface area contributed by atoms with E-state index in [0.717, 1.165) is 11.1 Å². The molecule has 2 saturated heterocycles. The summed E-state index contributed by atoms with van der Waals surface area (Å²) in [4.78, 5) is -0.355. The van der Waals surface area contributed by atoms with Gasteiger partial charge in [-0.25, -0.2) is 16.8 Å². The van der Waals surface area contributed by atoms with Crippen molar-refractivity contribution in [3.8, 4) is 0 Å². The maximum Gasteiger partial charge on any atom is 0.124 e. The molecule has 0 bridgehead atoms. The van der Waals surface area contributed by atoms with Crippen molar-refractivity contribution in [2.45, 2.75) is 75.0 Å². The molecule has 8 nitrogen and oxygen atoms in total. The van der Waals surface area contributed by atoms with Crippen LogP contribution in [-0.2, 0) is 33.1 Å². The first kappa shape index (κ1) is 37.9. The van der Waals surface area contributed by atoms with Crippen LogP contribution in [0.4, 0.5) is 0 Å². The first-order valence-electron chi connectivity index (χ1n) is 16.4. The molecule has 46 heavy (non-hydrogen) atoms. The highest BCUT2D eigenvalue weighted by Crippen LogP contribution is 2.20. The van der Waals surface area contributed by atoms with Gasteiger partial charge in [-0.1, -0.05) is 59.7 Å². The van der Waals surface area contributed by atoms with Crippen molar-refractivity contribution in [3.63, 3.8) is 0 Å². The number of benzene rings is 3. The Hall–Kier alpha value is -2.60. The summed E-state index contributed by atoms with van der Waals surface area (Å²) in [5.41, 5.74) is 4.97. The summed E-state index contributed by atoms with van der Waals surface area (Å²) >= 11 is 0. The van der Waals surface area contributed by atoms with E-state index in [9.17, 15) is 25.9 Å². The molecule has 0 atom stereocenters. The van der Waals surface area contributed by atoms with Crippen LogP contribution in [0.5, 0.6) is 0 Å². The largest absolute Gasteiger partial charge is 0.744 e. The van der Waals surface area contributed by atoms with Gasteiger partial charge < -0.3 is 18.1 Å². The van der Waals surface area contributed by atoms with Crippen LogP contribution in [0.2, 0.25) is 0 Å². The quantitative estimate of drug-likeness (QED) is 0.198. The summed E-state index contributed by atoms with van der Waals surface area (Å²) in [5.74, 6) is 0. The monoisotopic (exact) mass is 672 g/mol. The second kappa shape index (κ2) is 17.0. The molecule has 0 aromatic heterocycles. The van der Waals surface area contributed by atoms with Gasteiger partial charge in [0.05, 0.1) is 63.2 Å². The molecule has 0 unspecified atom stereocenters. The first-order chi connectivity index (χ1) is 21.6. The summed E-state index contributed by atoms with van der Waals surface area (Å²) in [7, 11) is -3.64. The minimum Gasteiger partial charge on any atom is -0.744 e. The number of hydrogen-bond acceptors (Lipinski definition) is 6. The van der Waals surface area contributed by atoms with Crippen LogP contribution in [-0.4, -0.2) is 88.3 Å². The summed E-state index contributed by atoms with van der Waals surface area (Å²) in [6.45, 7) is 12.0. The highest BCUT2D eigenvalue weighted by Gasteiger charge is 2.26. The van der Waals surface area contributed by atoms with Crippen LogP contribution in [0.3, 0.4) is 0 Å². The molecular formula is C36H52N2O6S2. The smallest absolute Gasteiger partial charge is 0.124 e. The molecule has 5 rings (SSSR count). The molecular weight excluding hydrogens is 621 g/mol. The summed E-state index contributed by atoms with van der Waals surface area (Å²) in [6, 6.07) is 21.0. The fraction of sp³-hybridized carbons (Fsp3) is 0.500. The lowest BCUT2D eigenvalue weighted by atomic mass is 10.0. The Morgan fingerprint density at radius 2 is 0.891 bits per heavy atom. The zero-order chi connectivity index (χ0) is 33.8. The van der Waals surface area contributed by atoms with Gasteiger partial charge in [0.25, 0.3) is 0 Å². The van der Waals surface area contributed by atoms with E-state index in [1.54, 1.807) is 35.4 Å². The second-order valence-electron chi connectivity index (χ2n) is 13.6. The van der Waals surface area contributed by atoms with Crippen molar-refractivity contribution in [3.05, 3.63) is 95.1 Å². The molecule has 0 spiro atoms. The summed E-state index contributed by atoms with van der Waals surface area (Å²) < 4.78 is 65.0. The molecule has 0 amide bonds. The van der Waals surface area contributed by atoms with E-state index in [1.165, 1.54) is 124 Å². The van der Waals surface area contributed by atoms with Crippen LogP contribution >= 0.6 is 0 Å². The first-order valence-corrected chi connectivity index (χ1v) is 19.2. The third-order valence-corrected chi connectivity index (χ3v) is 10.9. The molecule has 0 radical (unpaired) electrons. The predicted octanol–water partition coefficient (Wildman–Crippen LogP) is 5.83. The van der Waals surface area contributed by atoms with E-state index in [2.05, 4.69) is 38.4 Å². The lowest BCUT2D eigenvalue weighted by Gasteiger charge is -2.29. The van der Waals surface area contributed by atoms with Crippen LogP contribution in [0, 0.1) is 13.8 Å². The predicted molar refractivity (Wildman–Crippen MR) is 181 cm³/mol. The van der Waals surface area contributed by atoms with Gasteiger partial charge in [-0.2, -0.15) is 0 Å². The molecule has 2 fully saturated rings. The van der Waals surface area contributed by atoms with Crippen LogP contribution in [0.25, 0.3) is 0 Å². The molecule has 0 N–H and O–H groups in total. The van der Waals surface area contributed by atoms with E-state index < -0.39 is 20.2 Å². The number of nitrogens with zero attached hydrogens (tertiary/aromatic N) is 2. The van der Waals surface area contributed by atoms with Gasteiger partial charge in [0, 0.05) is 38.5 Å². The lowest BCUT2D eigenvalue weighted by molar-refractivity contribution is -0.897. The van der Waals surface area contributed by atoms with Crippen LogP contribution < -0.4 is 0 Å². The average Bonchev–Trinajstić information content (AvgIpc) is 3.62. The molecule has 0 aliphatic carbocycles. The van der Waals surface area contributed by atoms with Crippen molar-refractivity contribution in [1.29, 1.82) is 0 Å². The Balaban J connectivity index is 0.000000217. The SMILES string of the molecule is C[N+]1(CCCc2cccc(CCC[N+]3(C)CCCC3)c2)CCCC1.Cc1ccc(S(=O)(=O)[O-])cc1.Cc1ccc(S(=O)(=O)[O-])cc1. The Morgan fingerprint density at radius 1 is 0.565 bits per heavy atom. The van der Waals surface area contributed by atoms with Crippen LogP contribution in [0.1, 0.15) is 60.8 Å². The average molecular weight is 673 g/mol. The van der Waals surface area contributed by atoms with Gasteiger partial charge in [0.15, 0.2) is 0 Å². The molecule has 2 heterocycles. The second-order valence-corrected chi connectivity index (χ2v) is 16.3. The van der Waals surface area contributed by atoms with Crippen molar-refractivity contribution >= 4 is 20.2 Å². The van der Waals surface area contributed by atoms with Crippen molar-refractivity contribution in [2.24, 2.45) is 0 Å². The maximum absolute atomic E-state index is 10.4. The standard InChI is InChI=1S/C22H38N2.2C7H8O3S/c1-23(14-3-4-15-23)18-8-12-21-10-7-11-22(20-21)13-9-19-24(2)16-5-6-17-24;2*1-6-2-4-7(5-3-6)11(8,9)10/h7,10-11,20H,3-6,8-9,12-19H2,1-2H3;2*2-5H,1H3,(H,8,9,10)/q+2;;/p-2. The van der Waals surface area contributed by atoms with E-state index in [4.69, 9.17) is 0 Å². The van der Waals surface area contributed by atoms with Gasteiger partial charge in [0.2, 0.25) is 0 Å². The zero-order valence-electron chi connectivity index (χ0n) is 28.0. The minimum absolute atomic E-state index is 0.178. The van der Waals surface area contributed by atoms with Crippen molar-refractivity contribution < 1.29 is 34.9 Å². The van der Waals surface area contributed by atoms with E-state index in [0.29, 0.717) is 0 Å².